The van der Waals surface area contributed by atoms with Gasteiger partial charge in [-0.25, -0.2) is 0 Å². The van der Waals surface area contributed by atoms with Gasteiger partial charge >= 0.3 is 0 Å². The molecule has 0 aliphatic heterocycles. The predicted octanol–water partition coefficient (Wildman–Crippen LogP) is 3.53. The number of aliphatic hydroxyl groups excluding tert-OH is 1. The van der Waals surface area contributed by atoms with Gasteiger partial charge in [-0.15, -0.1) is 0 Å². The third-order valence-electron chi connectivity index (χ3n) is 2.15. The van der Waals surface area contributed by atoms with Crippen LogP contribution in [0.1, 0.15) is 45.1 Å². The van der Waals surface area contributed by atoms with Crippen LogP contribution in [0, 0.1) is 0 Å². The summed E-state index contributed by atoms with van der Waals surface area (Å²) >= 11 is 0. The SMILES string of the molecule is C=C(C)c1ccc(C(O)OC(C)(C)C)cc1. The van der Waals surface area contributed by atoms with Gasteiger partial charge < -0.3 is 9.84 Å². The van der Waals surface area contributed by atoms with Gasteiger partial charge in [-0.05, 0) is 33.3 Å². The van der Waals surface area contributed by atoms with Crippen molar-refractivity contribution in [1.29, 1.82) is 0 Å². The topological polar surface area (TPSA) is 29.5 Å². The minimum absolute atomic E-state index is 0.355. The Morgan fingerprint density at radius 1 is 1.25 bits per heavy atom. The van der Waals surface area contributed by atoms with Gasteiger partial charge in [-0.2, -0.15) is 0 Å². The minimum Gasteiger partial charge on any atom is -0.364 e. The van der Waals surface area contributed by atoms with Gasteiger partial charge in [0, 0.05) is 5.56 Å². The molecule has 0 heterocycles. The second-order valence-corrected chi connectivity index (χ2v) is 4.98. The summed E-state index contributed by atoms with van der Waals surface area (Å²) in [6, 6.07) is 7.60. The maximum absolute atomic E-state index is 9.84. The van der Waals surface area contributed by atoms with Crippen LogP contribution in [0.3, 0.4) is 0 Å². The smallest absolute Gasteiger partial charge is 0.181 e. The van der Waals surface area contributed by atoms with Crippen molar-refractivity contribution in [2.24, 2.45) is 0 Å². The van der Waals surface area contributed by atoms with Crippen LogP contribution < -0.4 is 0 Å². The highest BCUT2D eigenvalue weighted by molar-refractivity contribution is 5.61. The molecule has 0 amide bonds. The fourth-order valence-corrected chi connectivity index (χ4v) is 1.34. The second kappa shape index (κ2) is 4.81. The molecule has 0 saturated carbocycles. The summed E-state index contributed by atoms with van der Waals surface area (Å²) in [5, 5.41) is 9.84. The van der Waals surface area contributed by atoms with E-state index < -0.39 is 6.29 Å². The van der Waals surface area contributed by atoms with Crippen molar-refractivity contribution in [3.63, 3.8) is 0 Å². The number of rotatable bonds is 3. The van der Waals surface area contributed by atoms with E-state index in [-0.39, 0.29) is 5.60 Å². The first-order chi connectivity index (χ1) is 7.29. The van der Waals surface area contributed by atoms with Crippen LogP contribution in [0.15, 0.2) is 30.8 Å². The van der Waals surface area contributed by atoms with E-state index in [1.54, 1.807) is 0 Å². The molecule has 2 heteroatoms. The lowest BCUT2D eigenvalue weighted by Gasteiger charge is -2.24. The first-order valence-electron chi connectivity index (χ1n) is 5.41. The maximum atomic E-state index is 9.84. The quantitative estimate of drug-likeness (QED) is 0.790. The van der Waals surface area contributed by atoms with Crippen molar-refractivity contribution in [2.45, 2.75) is 39.6 Å². The molecule has 1 atom stereocenters. The van der Waals surface area contributed by atoms with E-state index >= 15 is 0 Å². The van der Waals surface area contributed by atoms with Crippen LogP contribution in [0.25, 0.3) is 5.57 Å². The standard InChI is InChI=1S/C14H20O2/c1-10(2)11-6-8-12(9-7-11)13(15)16-14(3,4)5/h6-9,13,15H,1H2,2-5H3. The molecule has 0 saturated heterocycles. The molecule has 0 radical (unpaired) electrons. The number of allylic oxidation sites excluding steroid dienone is 1. The zero-order chi connectivity index (χ0) is 12.3. The van der Waals surface area contributed by atoms with Gasteiger partial charge in [0.2, 0.25) is 0 Å². The summed E-state index contributed by atoms with van der Waals surface area (Å²) < 4.78 is 5.46. The molecule has 0 aliphatic rings. The van der Waals surface area contributed by atoms with E-state index in [1.165, 1.54) is 0 Å². The van der Waals surface area contributed by atoms with Crippen LogP contribution in [-0.4, -0.2) is 10.7 Å². The Balaban J connectivity index is 2.78. The molecule has 88 valence electrons. The fourth-order valence-electron chi connectivity index (χ4n) is 1.34. The second-order valence-electron chi connectivity index (χ2n) is 4.98. The average molecular weight is 220 g/mol. The van der Waals surface area contributed by atoms with Crippen LogP contribution in [0.2, 0.25) is 0 Å². The molecular formula is C14H20O2. The molecule has 1 aromatic carbocycles. The van der Waals surface area contributed by atoms with E-state index in [9.17, 15) is 5.11 Å². The summed E-state index contributed by atoms with van der Waals surface area (Å²) in [5.74, 6) is 0. The van der Waals surface area contributed by atoms with E-state index in [0.717, 1.165) is 16.7 Å². The Hall–Kier alpha value is -1.12. The molecule has 1 rings (SSSR count). The lowest BCUT2D eigenvalue weighted by molar-refractivity contribution is -0.169. The predicted molar refractivity (Wildman–Crippen MR) is 66.9 cm³/mol. The fraction of sp³-hybridized carbons (Fsp3) is 0.429. The van der Waals surface area contributed by atoms with E-state index in [1.807, 2.05) is 52.0 Å². The van der Waals surface area contributed by atoms with Crippen LogP contribution in [0.5, 0.6) is 0 Å². The van der Waals surface area contributed by atoms with Crippen molar-refractivity contribution in [3.05, 3.63) is 42.0 Å². The molecule has 0 spiro atoms. The van der Waals surface area contributed by atoms with Crippen LogP contribution in [0.4, 0.5) is 0 Å². The molecule has 0 fully saturated rings. The van der Waals surface area contributed by atoms with Crippen LogP contribution >= 0.6 is 0 Å². The highest BCUT2D eigenvalue weighted by Crippen LogP contribution is 2.22. The molecular weight excluding hydrogens is 200 g/mol. The number of aliphatic hydroxyl groups is 1. The Morgan fingerprint density at radius 2 is 1.75 bits per heavy atom. The number of ether oxygens (including phenoxy) is 1. The summed E-state index contributed by atoms with van der Waals surface area (Å²) in [6.45, 7) is 11.6. The Morgan fingerprint density at radius 3 is 2.12 bits per heavy atom. The van der Waals surface area contributed by atoms with Crippen molar-refractivity contribution < 1.29 is 9.84 Å². The molecule has 0 bridgehead atoms. The lowest BCUT2D eigenvalue weighted by Crippen LogP contribution is -2.22. The summed E-state index contributed by atoms with van der Waals surface area (Å²) in [6.07, 6.45) is -0.876. The number of hydrogen-bond donors (Lipinski definition) is 1. The summed E-state index contributed by atoms with van der Waals surface area (Å²) in [4.78, 5) is 0. The van der Waals surface area contributed by atoms with Gasteiger partial charge in [-0.1, -0.05) is 36.4 Å². The van der Waals surface area contributed by atoms with Gasteiger partial charge in [0.25, 0.3) is 0 Å². The highest BCUT2D eigenvalue weighted by Gasteiger charge is 2.17. The van der Waals surface area contributed by atoms with Gasteiger partial charge in [0.1, 0.15) is 0 Å². The molecule has 1 N–H and O–H groups in total. The number of benzene rings is 1. The molecule has 2 nitrogen and oxygen atoms in total. The third-order valence-corrected chi connectivity index (χ3v) is 2.15. The number of hydrogen-bond acceptors (Lipinski definition) is 2. The van der Waals surface area contributed by atoms with Gasteiger partial charge in [0.05, 0.1) is 5.60 Å². The van der Waals surface area contributed by atoms with Crippen LogP contribution in [-0.2, 0) is 4.74 Å². The molecule has 1 aromatic rings. The van der Waals surface area contributed by atoms with Gasteiger partial charge in [0.15, 0.2) is 6.29 Å². The Labute approximate surface area is 97.6 Å². The van der Waals surface area contributed by atoms with Crippen molar-refractivity contribution in [1.82, 2.24) is 0 Å². The average Bonchev–Trinajstić information content (AvgIpc) is 2.15. The first kappa shape index (κ1) is 12.9. The van der Waals surface area contributed by atoms with E-state index in [4.69, 9.17) is 4.74 Å². The van der Waals surface area contributed by atoms with Crippen molar-refractivity contribution in [3.8, 4) is 0 Å². The largest absolute Gasteiger partial charge is 0.364 e. The first-order valence-corrected chi connectivity index (χ1v) is 5.41. The summed E-state index contributed by atoms with van der Waals surface area (Å²) in [7, 11) is 0. The third kappa shape index (κ3) is 3.80. The molecule has 16 heavy (non-hydrogen) atoms. The van der Waals surface area contributed by atoms with E-state index in [2.05, 4.69) is 6.58 Å². The lowest BCUT2D eigenvalue weighted by atomic mass is 10.1. The van der Waals surface area contributed by atoms with E-state index in [0.29, 0.717) is 0 Å². The maximum Gasteiger partial charge on any atom is 0.181 e. The zero-order valence-corrected chi connectivity index (χ0v) is 10.4. The highest BCUT2D eigenvalue weighted by atomic mass is 16.6. The van der Waals surface area contributed by atoms with Gasteiger partial charge in [-0.3, -0.25) is 0 Å². The minimum atomic E-state index is -0.876. The monoisotopic (exact) mass is 220 g/mol. The Kier molecular flexibility index (Phi) is 3.89. The molecule has 0 aliphatic carbocycles. The summed E-state index contributed by atoms with van der Waals surface area (Å²) in [5.41, 5.74) is 2.50. The van der Waals surface area contributed by atoms with Crippen molar-refractivity contribution >= 4 is 5.57 Å². The van der Waals surface area contributed by atoms with Crippen molar-refractivity contribution in [2.75, 3.05) is 0 Å². The normalized spacial score (nSPS) is 13.6. The molecule has 1 unspecified atom stereocenters. The molecule has 0 aromatic heterocycles. The zero-order valence-electron chi connectivity index (χ0n) is 10.4. The Bertz CT molecular complexity index is 357.